The number of benzene rings is 1. The molecule has 1 N–H and O–H groups in total. The molecule has 1 aromatic carbocycles. The van der Waals surface area contributed by atoms with Gasteiger partial charge in [-0.05, 0) is 80.1 Å². The second-order valence-electron chi connectivity index (χ2n) is 9.21. The van der Waals surface area contributed by atoms with E-state index in [0.717, 1.165) is 34.0 Å². The summed E-state index contributed by atoms with van der Waals surface area (Å²) in [7, 11) is 0. The third-order valence-electron chi connectivity index (χ3n) is 6.98. The highest BCUT2D eigenvalue weighted by Crippen LogP contribution is 2.60. The summed E-state index contributed by atoms with van der Waals surface area (Å²) in [5.74, 6) is 2.57. The summed E-state index contributed by atoms with van der Waals surface area (Å²) in [6, 6.07) is 9.87. The Labute approximate surface area is 175 Å². The van der Waals surface area contributed by atoms with Gasteiger partial charge >= 0.3 is 0 Å². The topological polar surface area (TPSA) is 65.8 Å². The molecule has 5 heteroatoms. The number of nitriles is 1. The minimum atomic E-state index is -0.0917. The summed E-state index contributed by atoms with van der Waals surface area (Å²) in [5, 5.41) is 15.6. The molecule has 0 radical (unpaired) electrons. The average molecular weight is 404 g/mol. The molecule has 4 saturated carbocycles. The van der Waals surface area contributed by atoms with Crippen molar-refractivity contribution in [1.29, 1.82) is 5.26 Å². The van der Waals surface area contributed by atoms with Gasteiger partial charge in [-0.15, -0.1) is 11.3 Å². The minimum absolute atomic E-state index is 0.0917. The van der Waals surface area contributed by atoms with Crippen LogP contribution in [0.15, 0.2) is 29.6 Å². The van der Waals surface area contributed by atoms with E-state index in [2.05, 4.69) is 16.8 Å². The largest absolute Gasteiger partial charge is 0.326 e. The van der Waals surface area contributed by atoms with Crippen LogP contribution in [0.4, 0.5) is 5.69 Å². The van der Waals surface area contributed by atoms with E-state index in [1.165, 1.54) is 51.1 Å². The highest BCUT2D eigenvalue weighted by Gasteiger charge is 2.52. The van der Waals surface area contributed by atoms with Gasteiger partial charge in [0.05, 0.1) is 11.3 Å². The lowest BCUT2D eigenvalue weighted by Crippen LogP contribution is -2.48. The fraction of sp³-hybridized carbons (Fsp3) is 0.458. The summed E-state index contributed by atoms with van der Waals surface area (Å²) in [4.78, 5) is 16.2. The highest BCUT2D eigenvalue weighted by molar-refractivity contribution is 7.11. The molecule has 0 spiro atoms. The first-order valence-corrected chi connectivity index (χ1v) is 11.4. The van der Waals surface area contributed by atoms with Gasteiger partial charge in [0, 0.05) is 23.4 Å². The summed E-state index contributed by atoms with van der Waals surface area (Å²) in [6.07, 6.45) is 10.0. The first-order chi connectivity index (χ1) is 14.0. The van der Waals surface area contributed by atoms with Crippen LogP contribution in [0.25, 0.3) is 11.6 Å². The van der Waals surface area contributed by atoms with Crippen molar-refractivity contribution < 1.29 is 4.79 Å². The number of nitrogens with one attached hydrogen (secondary N) is 1. The summed E-state index contributed by atoms with van der Waals surface area (Å²) in [5.41, 5.74) is 3.80. The van der Waals surface area contributed by atoms with Crippen LogP contribution in [0.1, 0.15) is 61.7 Å². The Hall–Kier alpha value is -2.45. The molecule has 0 unspecified atom stereocenters. The zero-order valence-electron chi connectivity index (χ0n) is 16.6. The molecule has 4 fully saturated rings. The highest BCUT2D eigenvalue weighted by atomic mass is 32.1. The Morgan fingerprint density at radius 1 is 1.17 bits per heavy atom. The maximum absolute atomic E-state index is 11.2. The maximum Gasteiger partial charge on any atom is 0.221 e. The van der Waals surface area contributed by atoms with Crippen molar-refractivity contribution in [1.82, 2.24) is 4.98 Å². The van der Waals surface area contributed by atoms with Crippen LogP contribution in [-0.4, -0.2) is 10.9 Å². The predicted molar refractivity (Wildman–Crippen MR) is 116 cm³/mol. The van der Waals surface area contributed by atoms with Crippen molar-refractivity contribution in [2.45, 2.75) is 50.9 Å². The lowest BCUT2D eigenvalue weighted by atomic mass is 9.49. The predicted octanol–water partition coefficient (Wildman–Crippen LogP) is 5.63. The average Bonchev–Trinajstić information content (AvgIpc) is 3.17. The third kappa shape index (κ3) is 3.51. The van der Waals surface area contributed by atoms with Gasteiger partial charge in [0.2, 0.25) is 5.91 Å². The van der Waals surface area contributed by atoms with Gasteiger partial charge < -0.3 is 5.32 Å². The summed E-state index contributed by atoms with van der Waals surface area (Å²) in [6.45, 7) is 1.49. The van der Waals surface area contributed by atoms with Crippen molar-refractivity contribution >= 4 is 34.6 Å². The number of thiazole rings is 1. The molecule has 1 amide bonds. The quantitative estimate of drug-likeness (QED) is 0.673. The van der Waals surface area contributed by atoms with Crippen LogP contribution in [-0.2, 0) is 10.2 Å². The molecule has 4 nitrogen and oxygen atoms in total. The number of aromatic nitrogens is 1. The van der Waals surface area contributed by atoms with E-state index in [-0.39, 0.29) is 11.3 Å². The van der Waals surface area contributed by atoms with Crippen LogP contribution in [0, 0.1) is 29.1 Å². The minimum Gasteiger partial charge on any atom is -0.326 e. The van der Waals surface area contributed by atoms with Gasteiger partial charge in [-0.2, -0.15) is 5.26 Å². The molecule has 4 aliphatic carbocycles. The molecule has 0 aliphatic heterocycles. The van der Waals surface area contributed by atoms with Gasteiger partial charge in [-0.25, -0.2) is 4.98 Å². The third-order valence-corrected chi connectivity index (χ3v) is 7.85. The number of anilines is 1. The van der Waals surface area contributed by atoms with Crippen molar-refractivity contribution in [3.8, 4) is 6.07 Å². The fourth-order valence-electron chi connectivity index (χ4n) is 6.24. The van der Waals surface area contributed by atoms with E-state index in [0.29, 0.717) is 5.57 Å². The second kappa shape index (κ2) is 7.11. The molecular weight excluding hydrogens is 378 g/mol. The number of hydrogen-bond acceptors (Lipinski definition) is 4. The Balaban J connectivity index is 1.40. The molecule has 4 aliphatic rings. The lowest BCUT2D eigenvalue weighted by Gasteiger charge is -2.56. The molecule has 1 heterocycles. The van der Waals surface area contributed by atoms with Crippen LogP contribution in [0.2, 0.25) is 0 Å². The number of allylic oxidation sites excluding steroid dienone is 1. The summed E-state index contributed by atoms with van der Waals surface area (Å²) >= 11 is 1.60. The number of nitrogens with zero attached hydrogens (tertiary/aromatic N) is 2. The Bertz CT molecular complexity index is 976. The number of amides is 1. The zero-order chi connectivity index (χ0) is 20.0. The van der Waals surface area contributed by atoms with Gasteiger partial charge in [-0.1, -0.05) is 12.1 Å². The zero-order valence-corrected chi connectivity index (χ0v) is 17.5. The van der Waals surface area contributed by atoms with E-state index in [4.69, 9.17) is 4.98 Å². The molecular formula is C24H25N3OS. The number of hydrogen-bond donors (Lipinski definition) is 1. The first kappa shape index (κ1) is 18.6. The van der Waals surface area contributed by atoms with Crippen LogP contribution < -0.4 is 5.32 Å². The Kier molecular flexibility index (Phi) is 4.55. The van der Waals surface area contributed by atoms with Gasteiger partial charge in [0.25, 0.3) is 0 Å². The van der Waals surface area contributed by atoms with E-state index >= 15 is 0 Å². The van der Waals surface area contributed by atoms with Gasteiger partial charge in [0.15, 0.2) is 0 Å². The molecule has 4 bridgehead atoms. The number of carbonyl (C=O) groups excluding carboxylic acids is 1. The molecule has 2 aromatic rings. The number of carbonyl (C=O) groups is 1. The SMILES string of the molecule is CC(=O)Nc1ccc(/C=C(\C#N)c2nc(C34CC5CC(CC(C5)C3)C4)cs2)cc1. The lowest BCUT2D eigenvalue weighted by molar-refractivity contribution is -0.114. The van der Waals surface area contributed by atoms with Crippen LogP contribution in [0.3, 0.4) is 0 Å². The molecule has 0 saturated heterocycles. The van der Waals surface area contributed by atoms with Crippen molar-refractivity contribution in [2.24, 2.45) is 17.8 Å². The number of rotatable bonds is 4. The van der Waals surface area contributed by atoms with E-state index < -0.39 is 0 Å². The smallest absolute Gasteiger partial charge is 0.221 e. The maximum atomic E-state index is 11.2. The second-order valence-corrected chi connectivity index (χ2v) is 10.1. The molecule has 29 heavy (non-hydrogen) atoms. The standard InChI is InChI=1S/C24H25N3OS/c1-15(28)26-21-4-2-16(3-5-21)9-20(13-25)23-27-22(14-29-23)24-10-17-6-18(11-24)8-19(7-17)12-24/h2-5,9,14,17-19H,6-8,10-12H2,1H3,(H,26,28)/b20-9+. The van der Waals surface area contributed by atoms with Crippen LogP contribution >= 0.6 is 11.3 Å². The molecule has 0 atom stereocenters. The van der Waals surface area contributed by atoms with E-state index in [1.807, 2.05) is 30.3 Å². The fourth-order valence-corrected chi connectivity index (χ4v) is 7.15. The van der Waals surface area contributed by atoms with Gasteiger partial charge in [-0.3, -0.25) is 4.79 Å². The molecule has 1 aromatic heterocycles. The van der Waals surface area contributed by atoms with Crippen molar-refractivity contribution in [2.75, 3.05) is 5.32 Å². The molecule has 148 valence electrons. The molecule has 6 rings (SSSR count). The normalized spacial score (nSPS) is 30.2. The van der Waals surface area contributed by atoms with E-state index in [9.17, 15) is 10.1 Å². The summed E-state index contributed by atoms with van der Waals surface area (Å²) < 4.78 is 0. The van der Waals surface area contributed by atoms with Gasteiger partial charge in [0.1, 0.15) is 11.1 Å². The monoisotopic (exact) mass is 403 g/mol. The first-order valence-electron chi connectivity index (χ1n) is 10.5. The van der Waals surface area contributed by atoms with Crippen LogP contribution in [0.5, 0.6) is 0 Å². The Morgan fingerprint density at radius 2 is 1.79 bits per heavy atom. The van der Waals surface area contributed by atoms with E-state index in [1.54, 1.807) is 11.3 Å². The Morgan fingerprint density at radius 3 is 2.34 bits per heavy atom. The van der Waals surface area contributed by atoms with Crippen molar-refractivity contribution in [3.63, 3.8) is 0 Å². The van der Waals surface area contributed by atoms with Crippen molar-refractivity contribution in [3.05, 3.63) is 45.9 Å².